The summed E-state index contributed by atoms with van der Waals surface area (Å²) < 4.78 is 0. The number of carbonyl (C=O) groups is 2. The molecule has 2 heteroatoms. The van der Waals surface area contributed by atoms with Gasteiger partial charge in [-0.25, -0.2) is 0 Å². The second-order valence-corrected chi connectivity index (χ2v) is 2.57. The molecule has 0 fully saturated rings. The van der Waals surface area contributed by atoms with Gasteiger partial charge in [0.05, 0.1) is 0 Å². The van der Waals surface area contributed by atoms with E-state index in [-0.39, 0.29) is 11.6 Å². The summed E-state index contributed by atoms with van der Waals surface area (Å²) in [7, 11) is 0. The third-order valence-electron chi connectivity index (χ3n) is 1.76. The van der Waals surface area contributed by atoms with E-state index in [0.29, 0.717) is 17.6 Å². The summed E-state index contributed by atoms with van der Waals surface area (Å²) >= 11 is 0. The lowest BCUT2D eigenvalue weighted by molar-refractivity contribution is -0.116. The molecule has 0 aromatic heterocycles. The number of ketones is 2. The molecule has 0 atom stereocenters. The molecular formula is C9H14O2. The Morgan fingerprint density at radius 3 is 1.55 bits per heavy atom. The van der Waals surface area contributed by atoms with Crippen molar-refractivity contribution in [2.75, 3.05) is 0 Å². The van der Waals surface area contributed by atoms with Crippen molar-refractivity contribution >= 4 is 11.6 Å². The van der Waals surface area contributed by atoms with Crippen LogP contribution in [0, 0.1) is 0 Å². The summed E-state index contributed by atoms with van der Waals surface area (Å²) in [5.41, 5.74) is 1.25. The van der Waals surface area contributed by atoms with Crippen molar-refractivity contribution in [3.63, 3.8) is 0 Å². The van der Waals surface area contributed by atoms with E-state index < -0.39 is 0 Å². The highest BCUT2D eigenvalue weighted by atomic mass is 16.1. The molecule has 0 rings (SSSR count). The SMILES string of the molecule is CCC(C(C)=O)=C(C)C(C)=O. The molecule has 0 saturated heterocycles. The second-order valence-electron chi connectivity index (χ2n) is 2.57. The zero-order valence-electron chi connectivity index (χ0n) is 7.52. The first kappa shape index (κ1) is 10.1. The maximum atomic E-state index is 10.9. The van der Waals surface area contributed by atoms with Crippen LogP contribution in [0.3, 0.4) is 0 Å². The van der Waals surface area contributed by atoms with Crippen LogP contribution in [0.25, 0.3) is 0 Å². The fourth-order valence-electron chi connectivity index (χ4n) is 0.991. The molecule has 0 heterocycles. The first-order chi connectivity index (χ1) is 5.00. The van der Waals surface area contributed by atoms with E-state index in [1.807, 2.05) is 6.92 Å². The van der Waals surface area contributed by atoms with Crippen LogP contribution in [0.2, 0.25) is 0 Å². The minimum atomic E-state index is -0.0166. The molecule has 0 radical (unpaired) electrons. The fourth-order valence-corrected chi connectivity index (χ4v) is 0.991. The summed E-state index contributed by atoms with van der Waals surface area (Å²) in [5, 5.41) is 0. The van der Waals surface area contributed by atoms with E-state index in [2.05, 4.69) is 0 Å². The Morgan fingerprint density at radius 1 is 1.00 bits per heavy atom. The molecular weight excluding hydrogens is 140 g/mol. The van der Waals surface area contributed by atoms with Gasteiger partial charge >= 0.3 is 0 Å². The molecule has 0 bridgehead atoms. The van der Waals surface area contributed by atoms with Crippen LogP contribution < -0.4 is 0 Å². The normalized spacial score (nSPS) is 12.4. The van der Waals surface area contributed by atoms with Crippen molar-refractivity contribution in [3.8, 4) is 0 Å². The van der Waals surface area contributed by atoms with E-state index >= 15 is 0 Å². The van der Waals surface area contributed by atoms with Gasteiger partial charge in [0.25, 0.3) is 0 Å². The Hall–Kier alpha value is -0.920. The Bertz CT molecular complexity index is 212. The summed E-state index contributed by atoms with van der Waals surface area (Å²) in [6.45, 7) is 6.55. The monoisotopic (exact) mass is 154 g/mol. The quantitative estimate of drug-likeness (QED) is 0.582. The highest BCUT2D eigenvalue weighted by Crippen LogP contribution is 2.09. The fraction of sp³-hybridized carbons (Fsp3) is 0.556. The molecule has 0 aromatic rings. The average molecular weight is 154 g/mol. The zero-order valence-corrected chi connectivity index (χ0v) is 7.52. The minimum absolute atomic E-state index is 0.000185. The molecule has 0 unspecified atom stereocenters. The summed E-state index contributed by atoms with van der Waals surface area (Å²) in [5.74, 6) is -0.0164. The van der Waals surface area contributed by atoms with Gasteiger partial charge in [0, 0.05) is 5.57 Å². The molecule has 0 saturated carbocycles. The number of Topliss-reactive ketones (excluding diaryl/α,β-unsaturated/α-hetero) is 2. The highest BCUT2D eigenvalue weighted by molar-refractivity contribution is 6.04. The molecule has 0 amide bonds. The maximum absolute atomic E-state index is 10.9. The van der Waals surface area contributed by atoms with Crippen LogP contribution in [-0.2, 0) is 9.59 Å². The number of hydrogen-bond donors (Lipinski definition) is 0. The largest absolute Gasteiger partial charge is 0.295 e. The number of hydrogen-bond acceptors (Lipinski definition) is 2. The molecule has 2 nitrogen and oxygen atoms in total. The van der Waals surface area contributed by atoms with Gasteiger partial charge in [0.1, 0.15) is 0 Å². The molecule has 0 aliphatic rings. The van der Waals surface area contributed by atoms with Crippen LogP contribution in [0.1, 0.15) is 34.1 Å². The lowest BCUT2D eigenvalue weighted by Gasteiger charge is -2.02. The van der Waals surface area contributed by atoms with Crippen molar-refractivity contribution in [1.29, 1.82) is 0 Å². The van der Waals surface area contributed by atoms with Crippen LogP contribution in [0.15, 0.2) is 11.1 Å². The average Bonchev–Trinajstić information content (AvgIpc) is 1.88. The van der Waals surface area contributed by atoms with Crippen molar-refractivity contribution in [3.05, 3.63) is 11.1 Å². The summed E-state index contributed by atoms with van der Waals surface area (Å²) in [4.78, 5) is 21.7. The molecule has 0 aliphatic carbocycles. The van der Waals surface area contributed by atoms with E-state index in [1.165, 1.54) is 13.8 Å². The van der Waals surface area contributed by atoms with Crippen molar-refractivity contribution in [1.82, 2.24) is 0 Å². The van der Waals surface area contributed by atoms with E-state index in [9.17, 15) is 9.59 Å². The standard InChI is InChI=1S/C9H14O2/c1-5-9(8(4)11)6(2)7(3)10/h5H2,1-4H3. The van der Waals surface area contributed by atoms with Crippen LogP contribution in [0.5, 0.6) is 0 Å². The molecule has 62 valence electrons. The lowest BCUT2D eigenvalue weighted by Crippen LogP contribution is -2.04. The zero-order chi connectivity index (χ0) is 9.02. The molecule has 0 spiro atoms. The number of allylic oxidation sites excluding steroid dienone is 2. The van der Waals surface area contributed by atoms with Crippen molar-refractivity contribution in [2.45, 2.75) is 34.1 Å². The minimum Gasteiger partial charge on any atom is -0.295 e. The third-order valence-corrected chi connectivity index (χ3v) is 1.76. The van der Waals surface area contributed by atoms with Crippen molar-refractivity contribution < 1.29 is 9.59 Å². The Labute approximate surface area is 67.3 Å². The summed E-state index contributed by atoms with van der Waals surface area (Å²) in [6.07, 6.45) is 0.640. The van der Waals surface area contributed by atoms with Crippen LogP contribution in [-0.4, -0.2) is 11.6 Å². The van der Waals surface area contributed by atoms with Gasteiger partial charge in [-0.05, 0) is 32.8 Å². The Morgan fingerprint density at radius 2 is 1.45 bits per heavy atom. The molecule has 0 aromatic carbocycles. The molecule has 0 N–H and O–H groups in total. The smallest absolute Gasteiger partial charge is 0.156 e. The van der Waals surface area contributed by atoms with Gasteiger partial charge in [-0.1, -0.05) is 6.92 Å². The van der Waals surface area contributed by atoms with E-state index in [0.717, 1.165) is 0 Å². The Balaban J connectivity index is 4.83. The highest BCUT2D eigenvalue weighted by Gasteiger charge is 2.08. The van der Waals surface area contributed by atoms with Crippen LogP contribution in [0.4, 0.5) is 0 Å². The predicted octanol–water partition coefficient (Wildman–Crippen LogP) is 1.89. The van der Waals surface area contributed by atoms with E-state index in [4.69, 9.17) is 0 Å². The van der Waals surface area contributed by atoms with Gasteiger partial charge in [-0.2, -0.15) is 0 Å². The van der Waals surface area contributed by atoms with Gasteiger partial charge < -0.3 is 0 Å². The van der Waals surface area contributed by atoms with Gasteiger partial charge in [0.2, 0.25) is 0 Å². The topological polar surface area (TPSA) is 34.1 Å². The van der Waals surface area contributed by atoms with Gasteiger partial charge in [-0.3, -0.25) is 9.59 Å². The first-order valence-corrected chi connectivity index (χ1v) is 3.72. The van der Waals surface area contributed by atoms with Crippen LogP contribution >= 0.6 is 0 Å². The number of carbonyl (C=O) groups excluding carboxylic acids is 2. The van der Waals surface area contributed by atoms with Gasteiger partial charge in [-0.15, -0.1) is 0 Å². The van der Waals surface area contributed by atoms with Crippen molar-refractivity contribution in [2.24, 2.45) is 0 Å². The predicted molar refractivity (Wildman–Crippen MR) is 44.4 cm³/mol. The Kier molecular flexibility index (Phi) is 3.72. The summed E-state index contributed by atoms with van der Waals surface area (Å²) in [6, 6.07) is 0. The first-order valence-electron chi connectivity index (χ1n) is 3.72. The van der Waals surface area contributed by atoms with E-state index in [1.54, 1.807) is 6.92 Å². The molecule has 11 heavy (non-hydrogen) atoms. The maximum Gasteiger partial charge on any atom is 0.156 e. The third kappa shape index (κ3) is 2.66. The second kappa shape index (κ2) is 4.06. The lowest BCUT2D eigenvalue weighted by atomic mass is 10.0. The number of rotatable bonds is 3. The molecule has 0 aliphatic heterocycles. The van der Waals surface area contributed by atoms with Gasteiger partial charge in [0.15, 0.2) is 11.6 Å².